The fourth-order valence-electron chi connectivity index (χ4n) is 1.23. The van der Waals surface area contributed by atoms with E-state index in [1.807, 2.05) is 30.3 Å². The van der Waals surface area contributed by atoms with Crippen LogP contribution in [0, 0.1) is 0 Å². The second-order valence-corrected chi connectivity index (χ2v) is 4.08. The highest BCUT2D eigenvalue weighted by atomic mass is 79.9. The van der Waals surface area contributed by atoms with Gasteiger partial charge in [0.1, 0.15) is 11.2 Å². The van der Waals surface area contributed by atoms with Gasteiger partial charge < -0.3 is 4.74 Å². The smallest absolute Gasteiger partial charge is 0.412 e. The monoisotopic (exact) mass is 295 g/mol. The van der Waals surface area contributed by atoms with Gasteiger partial charge in [-0.15, -0.1) is 0 Å². The number of rotatable bonds is 3. The molecule has 17 heavy (non-hydrogen) atoms. The molecule has 1 heterocycles. The summed E-state index contributed by atoms with van der Waals surface area (Å²) in [4.78, 5) is 11.4. The van der Waals surface area contributed by atoms with Crippen LogP contribution in [0.3, 0.4) is 0 Å². The molecule has 88 valence electrons. The number of aromatic nitrogens is 2. The van der Waals surface area contributed by atoms with Crippen molar-refractivity contribution in [2.75, 3.05) is 5.32 Å². The first-order valence-corrected chi connectivity index (χ1v) is 5.71. The van der Waals surface area contributed by atoms with Gasteiger partial charge in [0.25, 0.3) is 0 Å². The molecule has 2 rings (SSSR count). The van der Waals surface area contributed by atoms with Crippen LogP contribution in [0.2, 0.25) is 0 Å². The lowest BCUT2D eigenvalue weighted by atomic mass is 10.2. The van der Waals surface area contributed by atoms with Crippen molar-refractivity contribution in [3.05, 3.63) is 46.7 Å². The van der Waals surface area contributed by atoms with Gasteiger partial charge in [-0.2, -0.15) is 5.10 Å². The highest BCUT2D eigenvalue weighted by Crippen LogP contribution is 2.17. The van der Waals surface area contributed by atoms with Gasteiger partial charge in [0.05, 0.1) is 11.9 Å². The molecule has 0 aliphatic heterocycles. The van der Waals surface area contributed by atoms with E-state index in [4.69, 9.17) is 4.74 Å². The Hall–Kier alpha value is -1.82. The summed E-state index contributed by atoms with van der Waals surface area (Å²) < 4.78 is 5.65. The number of benzene rings is 1. The summed E-state index contributed by atoms with van der Waals surface area (Å²) in [6, 6.07) is 9.47. The lowest BCUT2D eigenvalue weighted by molar-refractivity contribution is 0.155. The molecular formula is C11H10BrN3O2. The molecule has 0 radical (unpaired) electrons. The third-order valence-corrected chi connectivity index (χ3v) is 2.65. The highest BCUT2D eigenvalue weighted by molar-refractivity contribution is 9.10. The number of halogens is 1. The van der Waals surface area contributed by atoms with E-state index in [1.54, 1.807) is 0 Å². The van der Waals surface area contributed by atoms with E-state index in [2.05, 4.69) is 31.4 Å². The summed E-state index contributed by atoms with van der Waals surface area (Å²) in [7, 11) is 0. The number of ether oxygens (including phenoxy) is 1. The molecule has 0 saturated heterocycles. The number of amides is 1. The Labute approximate surface area is 106 Å². The topological polar surface area (TPSA) is 67.0 Å². The van der Waals surface area contributed by atoms with E-state index in [9.17, 15) is 4.79 Å². The van der Waals surface area contributed by atoms with Crippen molar-refractivity contribution in [2.45, 2.75) is 6.61 Å². The highest BCUT2D eigenvalue weighted by Gasteiger charge is 2.07. The molecule has 2 N–H and O–H groups in total. The van der Waals surface area contributed by atoms with Gasteiger partial charge in [-0.1, -0.05) is 30.3 Å². The van der Waals surface area contributed by atoms with Gasteiger partial charge in [-0.05, 0) is 21.5 Å². The third-order valence-electron chi connectivity index (χ3n) is 2.04. The molecule has 0 unspecified atom stereocenters. The number of carbonyl (C=O) groups is 1. The van der Waals surface area contributed by atoms with Crippen LogP contribution in [0.25, 0.3) is 0 Å². The van der Waals surface area contributed by atoms with Crippen molar-refractivity contribution in [2.24, 2.45) is 0 Å². The first-order valence-electron chi connectivity index (χ1n) is 4.92. The minimum Gasteiger partial charge on any atom is -0.444 e. The molecule has 1 aromatic heterocycles. The molecule has 1 aromatic carbocycles. The maximum Gasteiger partial charge on any atom is 0.412 e. The fraction of sp³-hybridized carbons (Fsp3) is 0.0909. The average Bonchev–Trinajstić information content (AvgIpc) is 2.74. The van der Waals surface area contributed by atoms with Gasteiger partial charge in [0, 0.05) is 0 Å². The number of hydrogen-bond acceptors (Lipinski definition) is 3. The van der Waals surface area contributed by atoms with Crippen LogP contribution >= 0.6 is 15.9 Å². The summed E-state index contributed by atoms with van der Waals surface area (Å²) in [5, 5.41) is 8.95. The summed E-state index contributed by atoms with van der Waals surface area (Å²) >= 11 is 3.20. The first-order chi connectivity index (χ1) is 8.25. The average molecular weight is 296 g/mol. The Kier molecular flexibility index (Phi) is 3.77. The first kappa shape index (κ1) is 11.7. The molecular weight excluding hydrogens is 286 g/mol. The Morgan fingerprint density at radius 2 is 2.18 bits per heavy atom. The zero-order chi connectivity index (χ0) is 12.1. The predicted molar refractivity (Wildman–Crippen MR) is 66.5 cm³/mol. The summed E-state index contributed by atoms with van der Waals surface area (Å²) in [6.45, 7) is 0.238. The quantitative estimate of drug-likeness (QED) is 0.915. The fourth-order valence-corrected chi connectivity index (χ4v) is 1.53. The second-order valence-electron chi connectivity index (χ2n) is 3.28. The van der Waals surface area contributed by atoms with E-state index in [0.29, 0.717) is 10.3 Å². The van der Waals surface area contributed by atoms with Crippen molar-refractivity contribution >= 4 is 27.7 Å². The molecule has 0 aliphatic carbocycles. The predicted octanol–water partition coefficient (Wildman–Crippen LogP) is 2.92. The number of H-pyrrole nitrogens is 1. The Balaban J connectivity index is 1.85. The van der Waals surface area contributed by atoms with E-state index >= 15 is 0 Å². The molecule has 0 spiro atoms. The van der Waals surface area contributed by atoms with E-state index < -0.39 is 6.09 Å². The van der Waals surface area contributed by atoms with E-state index in [0.717, 1.165) is 5.56 Å². The normalized spacial score (nSPS) is 9.94. The van der Waals surface area contributed by atoms with Gasteiger partial charge in [0.15, 0.2) is 0 Å². The van der Waals surface area contributed by atoms with Gasteiger partial charge >= 0.3 is 6.09 Å². The minimum atomic E-state index is -0.518. The standard InChI is InChI=1S/C11H10BrN3O2/c12-10-9(6-13-15-10)14-11(16)17-7-8-4-2-1-3-5-8/h1-6H,7H2,(H,13,15)(H,14,16). The Bertz CT molecular complexity index is 498. The molecule has 0 fully saturated rings. The number of anilines is 1. The lowest BCUT2D eigenvalue weighted by Gasteiger charge is -2.05. The van der Waals surface area contributed by atoms with E-state index in [1.165, 1.54) is 6.20 Å². The van der Waals surface area contributed by atoms with Crippen LogP contribution < -0.4 is 5.32 Å². The number of nitrogens with one attached hydrogen (secondary N) is 2. The van der Waals surface area contributed by atoms with Crippen LogP contribution in [0.4, 0.5) is 10.5 Å². The van der Waals surface area contributed by atoms with Crippen molar-refractivity contribution in [3.63, 3.8) is 0 Å². The maximum absolute atomic E-state index is 11.4. The summed E-state index contributed by atoms with van der Waals surface area (Å²) in [6.07, 6.45) is 0.976. The molecule has 0 aliphatic rings. The van der Waals surface area contributed by atoms with Crippen molar-refractivity contribution in [1.29, 1.82) is 0 Å². The molecule has 0 atom stereocenters. The number of hydrogen-bond donors (Lipinski definition) is 2. The van der Waals surface area contributed by atoms with Crippen molar-refractivity contribution < 1.29 is 9.53 Å². The number of carbonyl (C=O) groups excluding carboxylic acids is 1. The number of aromatic amines is 1. The zero-order valence-corrected chi connectivity index (χ0v) is 10.4. The number of nitrogens with zero attached hydrogens (tertiary/aromatic N) is 1. The molecule has 1 amide bonds. The van der Waals surface area contributed by atoms with E-state index in [-0.39, 0.29) is 6.61 Å². The van der Waals surface area contributed by atoms with Crippen LogP contribution in [-0.4, -0.2) is 16.3 Å². The summed E-state index contributed by atoms with van der Waals surface area (Å²) in [5.41, 5.74) is 1.48. The zero-order valence-electron chi connectivity index (χ0n) is 8.81. The van der Waals surface area contributed by atoms with Crippen LogP contribution in [0.1, 0.15) is 5.56 Å². The maximum atomic E-state index is 11.4. The Morgan fingerprint density at radius 3 is 2.82 bits per heavy atom. The largest absolute Gasteiger partial charge is 0.444 e. The van der Waals surface area contributed by atoms with Gasteiger partial charge in [0.2, 0.25) is 0 Å². The molecule has 2 aromatic rings. The van der Waals surface area contributed by atoms with Crippen LogP contribution in [0.15, 0.2) is 41.1 Å². The molecule has 0 saturated carbocycles. The molecule has 0 bridgehead atoms. The van der Waals surface area contributed by atoms with Gasteiger partial charge in [-0.3, -0.25) is 10.4 Å². The van der Waals surface area contributed by atoms with Crippen molar-refractivity contribution in [1.82, 2.24) is 10.2 Å². The molecule has 6 heteroatoms. The lowest BCUT2D eigenvalue weighted by Crippen LogP contribution is -2.13. The minimum absolute atomic E-state index is 0.238. The second kappa shape index (κ2) is 5.49. The van der Waals surface area contributed by atoms with Gasteiger partial charge in [-0.25, -0.2) is 4.79 Å². The Morgan fingerprint density at radius 1 is 1.41 bits per heavy atom. The van der Waals surface area contributed by atoms with Crippen LogP contribution in [0.5, 0.6) is 0 Å². The molecule has 5 nitrogen and oxygen atoms in total. The van der Waals surface area contributed by atoms with Crippen LogP contribution in [-0.2, 0) is 11.3 Å². The summed E-state index contributed by atoms with van der Waals surface area (Å²) in [5.74, 6) is 0. The third kappa shape index (κ3) is 3.32. The SMILES string of the molecule is O=C(Nc1cn[nH]c1Br)OCc1ccccc1. The van der Waals surface area contributed by atoms with Crippen molar-refractivity contribution in [3.8, 4) is 0 Å².